The number of methoxy groups -OCH3 is 1. The predicted octanol–water partition coefficient (Wildman–Crippen LogP) is 3.28. The lowest BCUT2D eigenvalue weighted by atomic mass is 10.2. The molecular formula is C21H26N2O5. The Labute approximate surface area is 165 Å². The molecule has 0 spiro atoms. The van der Waals surface area contributed by atoms with Crippen LogP contribution in [0.25, 0.3) is 0 Å². The molecule has 2 aromatic rings. The zero-order valence-corrected chi connectivity index (χ0v) is 16.3. The standard InChI is InChI=1S/C21H26N2O5/c1-23(14-16-6-7-19-20(13-16)28-11-10-27-19)21(24)22-18-5-3-4-17(12-18)15-26-9-8-25-2/h3-7,12-13H,8-11,14-15H2,1-2H3,(H,22,24). The van der Waals surface area contributed by atoms with Gasteiger partial charge in [0.1, 0.15) is 13.2 Å². The second-order valence-electron chi connectivity index (χ2n) is 6.51. The molecule has 1 heterocycles. The minimum atomic E-state index is -0.188. The Morgan fingerprint density at radius 2 is 1.89 bits per heavy atom. The van der Waals surface area contributed by atoms with Gasteiger partial charge in [0.2, 0.25) is 0 Å². The van der Waals surface area contributed by atoms with Crippen LogP contribution in [0.1, 0.15) is 11.1 Å². The van der Waals surface area contributed by atoms with E-state index in [4.69, 9.17) is 18.9 Å². The van der Waals surface area contributed by atoms with Crippen LogP contribution in [0.15, 0.2) is 42.5 Å². The van der Waals surface area contributed by atoms with Crippen molar-refractivity contribution in [2.24, 2.45) is 0 Å². The lowest BCUT2D eigenvalue weighted by Crippen LogP contribution is -2.30. The first-order chi connectivity index (χ1) is 13.7. The van der Waals surface area contributed by atoms with Crippen LogP contribution in [0.2, 0.25) is 0 Å². The number of nitrogens with one attached hydrogen (secondary N) is 1. The smallest absolute Gasteiger partial charge is 0.321 e. The van der Waals surface area contributed by atoms with E-state index >= 15 is 0 Å². The molecule has 1 N–H and O–H groups in total. The van der Waals surface area contributed by atoms with Gasteiger partial charge in [0, 0.05) is 26.4 Å². The van der Waals surface area contributed by atoms with E-state index < -0.39 is 0 Å². The van der Waals surface area contributed by atoms with Gasteiger partial charge >= 0.3 is 6.03 Å². The first-order valence-electron chi connectivity index (χ1n) is 9.22. The van der Waals surface area contributed by atoms with E-state index in [-0.39, 0.29) is 6.03 Å². The van der Waals surface area contributed by atoms with Crippen LogP contribution in [-0.2, 0) is 22.6 Å². The molecule has 2 aromatic carbocycles. The van der Waals surface area contributed by atoms with Crippen LogP contribution in [0.3, 0.4) is 0 Å². The average Bonchev–Trinajstić information content (AvgIpc) is 2.71. The minimum Gasteiger partial charge on any atom is -0.486 e. The number of carbonyl (C=O) groups excluding carboxylic acids is 1. The van der Waals surface area contributed by atoms with Crippen molar-refractivity contribution in [3.63, 3.8) is 0 Å². The van der Waals surface area contributed by atoms with Gasteiger partial charge in [-0.3, -0.25) is 0 Å². The summed E-state index contributed by atoms with van der Waals surface area (Å²) in [4.78, 5) is 14.1. The zero-order valence-electron chi connectivity index (χ0n) is 16.3. The van der Waals surface area contributed by atoms with E-state index in [0.717, 1.165) is 28.3 Å². The molecule has 0 unspecified atom stereocenters. The summed E-state index contributed by atoms with van der Waals surface area (Å²) < 4.78 is 21.6. The number of ether oxygens (including phenoxy) is 4. The molecule has 7 nitrogen and oxygen atoms in total. The largest absolute Gasteiger partial charge is 0.486 e. The summed E-state index contributed by atoms with van der Waals surface area (Å²) in [7, 11) is 3.39. The molecule has 0 saturated carbocycles. The number of amides is 2. The van der Waals surface area contributed by atoms with Gasteiger partial charge in [-0.15, -0.1) is 0 Å². The molecule has 0 aromatic heterocycles. The Morgan fingerprint density at radius 1 is 1.07 bits per heavy atom. The third kappa shape index (κ3) is 5.61. The highest BCUT2D eigenvalue weighted by molar-refractivity contribution is 5.89. The third-order valence-electron chi connectivity index (χ3n) is 4.25. The molecule has 2 amide bonds. The van der Waals surface area contributed by atoms with Crippen molar-refractivity contribution in [2.45, 2.75) is 13.2 Å². The van der Waals surface area contributed by atoms with Crippen molar-refractivity contribution >= 4 is 11.7 Å². The maximum Gasteiger partial charge on any atom is 0.321 e. The Hall–Kier alpha value is -2.77. The van der Waals surface area contributed by atoms with E-state index in [1.165, 1.54) is 0 Å². The number of nitrogens with zero attached hydrogens (tertiary/aromatic N) is 1. The average molecular weight is 386 g/mol. The molecule has 0 saturated heterocycles. The molecule has 0 atom stereocenters. The van der Waals surface area contributed by atoms with Crippen LogP contribution in [-0.4, -0.2) is 51.5 Å². The van der Waals surface area contributed by atoms with Gasteiger partial charge in [0.15, 0.2) is 11.5 Å². The Bertz CT molecular complexity index is 796. The normalized spacial score (nSPS) is 12.5. The van der Waals surface area contributed by atoms with Crippen LogP contribution in [0, 0.1) is 0 Å². The Morgan fingerprint density at radius 3 is 2.71 bits per heavy atom. The quantitative estimate of drug-likeness (QED) is 0.705. The monoisotopic (exact) mass is 386 g/mol. The molecule has 3 rings (SSSR count). The molecule has 0 fully saturated rings. The number of urea groups is 1. The summed E-state index contributed by atoms with van der Waals surface area (Å²) in [6, 6.07) is 13.2. The fourth-order valence-corrected chi connectivity index (χ4v) is 2.82. The highest BCUT2D eigenvalue weighted by Crippen LogP contribution is 2.31. The molecule has 1 aliphatic rings. The number of carbonyl (C=O) groups is 1. The van der Waals surface area contributed by atoms with E-state index in [1.807, 2.05) is 42.5 Å². The third-order valence-corrected chi connectivity index (χ3v) is 4.25. The number of hydrogen-bond donors (Lipinski definition) is 1. The molecule has 0 radical (unpaired) electrons. The summed E-state index contributed by atoms with van der Waals surface area (Å²) in [6.07, 6.45) is 0. The number of rotatable bonds is 8. The second kappa shape index (κ2) is 9.96. The fourth-order valence-electron chi connectivity index (χ4n) is 2.82. The lowest BCUT2D eigenvalue weighted by Gasteiger charge is -2.21. The van der Waals surface area contributed by atoms with E-state index in [1.54, 1.807) is 19.1 Å². The number of fused-ring (bicyclic) bond motifs is 1. The van der Waals surface area contributed by atoms with Gasteiger partial charge in [-0.25, -0.2) is 4.79 Å². The van der Waals surface area contributed by atoms with E-state index in [9.17, 15) is 4.79 Å². The topological polar surface area (TPSA) is 69.3 Å². The van der Waals surface area contributed by atoms with Crippen LogP contribution in [0.5, 0.6) is 11.5 Å². The van der Waals surface area contributed by atoms with Gasteiger partial charge in [-0.2, -0.15) is 0 Å². The van der Waals surface area contributed by atoms with Crippen molar-refractivity contribution in [3.8, 4) is 11.5 Å². The van der Waals surface area contributed by atoms with Crippen molar-refractivity contribution in [1.29, 1.82) is 0 Å². The molecular weight excluding hydrogens is 360 g/mol. The van der Waals surface area contributed by atoms with Gasteiger partial charge in [-0.1, -0.05) is 18.2 Å². The molecule has 150 valence electrons. The highest BCUT2D eigenvalue weighted by atomic mass is 16.6. The summed E-state index contributed by atoms with van der Waals surface area (Å²) >= 11 is 0. The Kier molecular flexibility index (Phi) is 7.11. The van der Waals surface area contributed by atoms with Gasteiger partial charge in [0.05, 0.1) is 19.8 Å². The van der Waals surface area contributed by atoms with E-state index in [0.29, 0.717) is 39.6 Å². The number of benzene rings is 2. The first kappa shape index (κ1) is 20.0. The summed E-state index contributed by atoms with van der Waals surface area (Å²) in [5.74, 6) is 1.46. The molecule has 1 aliphatic heterocycles. The number of hydrogen-bond acceptors (Lipinski definition) is 5. The van der Waals surface area contributed by atoms with Crippen molar-refractivity contribution in [1.82, 2.24) is 4.90 Å². The Balaban J connectivity index is 1.54. The summed E-state index contributed by atoms with van der Waals surface area (Å²) in [5, 5.41) is 2.92. The molecule has 0 bridgehead atoms. The molecule has 0 aliphatic carbocycles. The minimum absolute atomic E-state index is 0.188. The summed E-state index contributed by atoms with van der Waals surface area (Å²) in [6.45, 7) is 3.12. The SMILES string of the molecule is COCCOCc1cccc(NC(=O)N(C)Cc2ccc3c(c2)OCCO3)c1. The summed E-state index contributed by atoms with van der Waals surface area (Å²) in [5.41, 5.74) is 2.69. The zero-order chi connectivity index (χ0) is 19.8. The molecule has 7 heteroatoms. The van der Waals surface area contributed by atoms with E-state index in [2.05, 4.69) is 5.32 Å². The fraction of sp³-hybridized carbons (Fsp3) is 0.381. The van der Waals surface area contributed by atoms with Crippen molar-refractivity contribution < 1.29 is 23.7 Å². The van der Waals surface area contributed by atoms with Crippen molar-refractivity contribution in [3.05, 3.63) is 53.6 Å². The lowest BCUT2D eigenvalue weighted by molar-refractivity contribution is 0.0617. The van der Waals surface area contributed by atoms with Crippen LogP contribution >= 0.6 is 0 Å². The first-order valence-corrected chi connectivity index (χ1v) is 9.22. The highest BCUT2D eigenvalue weighted by Gasteiger charge is 2.14. The maximum absolute atomic E-state index is 12.5. The number of anilines is 1. The van der Waals surface area contributed by atoms with Gasteiger partial charge in [-0.05, 0) is 35.4 Å². The van der Waals surface area contributed by atoms with Crippen LogP contribution < -0.4 is 14.8 Å². The van der Waals surface area contributed by atoms with Gasteiger partial charge in [0.25, 0.3) is 0 Å². The second-order valence-corrected chi connectivity index (χ2v) is 6.51. The maximum atomic E-state index is 12.5. The van der Waals surface area contributed by atoms with Crippen molar-refractivity contribution in [2.75, 3.05) is 45.9 Å². The predicted molar refractivity (Wildman–Crippen MR) is 106 cm³/mol. The van der Waals surface area contributed by atoms with Gasteiger partial charge < -0.3 is 29.2 Å². The van der Waals surface area contributed by atoms with Crippen LogP contribution in [0.4, 0.5) is 10.5 Å². The molecule has 28 heavy (non-hydrogen) atoms.